The van der Waals surface area contributed by atoms with Crippen molar-refractivity contribution >= 4 is 52.0 Å². The Bertz CT molecular complexity index is 1360. The maximum atomic E-state index is 12.8. The quantitative estimate of drug-likeness (QED) is 0.376. The molecule has 9 nitrogen and oxygen atoms in total. The molecule has 1 saturated heterocycles. The molecule has 0 saturated carbocycles. The van der Waals surface area contributed by atoms with Crippen LogP contribution in [0, 0.1) is 0 Å². The number of carbonyl (C=O) groups excluding carboxylic acids is 1. The van der Waals surface area contributed by atoms with Crippen molar-refractivity contribution in [1.82, 2.24) is 9.97 Å². The standard InChI is InChI=1S/C29H35ClN6O3/c1-5-36-24-16-19(6-8-21(24)29(2,3)11-10-26(36)37)32-28-31-18-22(30)27(34-28)33-23-9-7-20(17-25(23)38-4)35-12-14-39-15-13-35/h6-9,16-18H,5,10-15H2,1-4H3,(H2,31,32,33,34). The fourth-order valence-electron chi connectivity index (χ4n) is 5.15. The minimum absolute atomic E-state index is 0.0995. The van der Waals surface area contributed by atoms with Crippen molar-refractivity contribution < 1.29 is 14.3 Å². The van der Waals surface area contributed by atoms with Crippen LogP contribution in [0.5, 0.6) is 5.75 Å². The van der Waals surface area contributed by atoms with Crippen LogP contribution in [0.1, 0.15) is 39.2 Å². The van der Waals surface area contributed by atoms with Crippen molar-refractivity contribution in [2.75, 3.05) is 60.4 Å². The first-order valence-electron chi connectivity index (χ1n) is 13.3. The smallest absolute Gasteiger partial charge is 0.229 e. The normalized spacial score (nSPS) is 16.9. The lowest BCUT2D eigenvalue weighted by atomic mass is 9.80. The van der Waals surface area contributed by atoms with E-state index in [1.807, 2.05) is 42.2 Å². The topological polar surface area (TPSA) is 91.9 Å². The molecule has 1 aromatic heterocycles. The van der Waals surface area contributed by atoms with Gasteiger partial charge in [-0.1, -0.05) is 31.5 Å². The summed E-state index contributed by atoms with van der Waals surface area (Å²) < 4.78 is 11.1. The van der Waals surface area contributed by atoms with E-state index in [1.165, 1.54) is 0 Å². The molecule has 5 rings (SSSR count). The number of aromatic nitrogens is 2. The molecular weight excluding hydrogens is 516 g/mol. The van der Waals surface area contributed by atoms with Crippen LogP contribution in [-0.4, -0.2) is 55.8 Å². The predicted molar refractivity (Wildman–Crippen MR) is 156 cm³/mol. The minimum Gasteiger partial charge on any atom is -0.494 e. The fraction of sp³-hybridized carbons (Fsp3) is 0.414. The molecule has 2 aliphatic rings. The van der Waals surface area contributed by atoms with Crippen molar-refractivity contribution in [2.45, 2.75) is 39.0 Å². The highest BCUT2D eigenvalue weighted by Crippen LogP contribution is 2.41. The van der Waals surface area contributed by atoms with Crippen molar-refractivity contribution in [3.05, 3.63) is 53.2 Å². The van der Waals surface area contributed by atoms with Gasteiger partial charge in [-0.2, -0.15) is 4.98 Å². The third kappa shape index (κ3) is 5.74. The molecular formula is C29H35ClN6O3. The van der Waals surface area contributed by atoms with E-state index in [4.69, 9.17) is 21.1 Å². The predicted octanol–water partition coefficient (Wildman–Crippen LogP) is 5.89. The average Bonchev–Trinajstić information content (AvgIpc) is 3.04. The van der Waals surface area contributed by atoms with Crippen LogP contribution in [0.2, 0.25) is 5.02 Å². The van der Waals surface area contributed by atoms with E-state index in [1.54, 1.807) is 13.3 Å². The molecule has 10 heteroatoms. The molecule has 1 fully saturated rings. The van der Waals surface area contributed by atoms with Crippen LogP contribution < -0.4 is 25.2 Å². The maximum Gasteiger partial charge on any atom is 0.229 e. The number of hydrogen-bond donors (Lipinski definition) is 2. The number of ether oxygens (including phenoxy) is 2. The number of halogens is 1. The maximum absolute atomic E-state index is 12.8. The Morgan fingerprint density at radius 3 is 2.67 bits per heavy atom. The van der Waals surface area contributed by atoms with Gasteiger partial charge in [0.1, 0.15) is 10.8 Å². The van der Waals surface area contributed by atoms with E-state index in [2.05, 4.69) is 45.4 Å². The molecule has 3 aromatic rings. The van der Waals surface area contributed by atoms with Crippen LogP contribution in [0.4, 0.5) is 34.5 Å². The molecule has 39 heavy (non-hydrogen) atoms. The van der Waals surface area contributed by atoms with Gasteiger partial charge in [-0.25, -0.2) is 4.98 Å². The summed E-state index contributed by atoms with van der Waals surface area (Å²) in [5, 5.41) is 6.96. The Labute approximate surface area is 234 Å². The molecule has 0 aliphatic carbocycles. The number of anilines is 6. The summed E-state index contributed by atoms with van der Waals surface area (Å²) in [5.74, 6) is 1.66. The Balaban J connectivity index is 1.39. The van der Waals surface area contributed by atoms with E-state index in [0.29, 0.717) is 48.7 Å². The number of fused-ring (bicyclic) bond motifs is 1. The number of amides is 1. The minimum atomic E-state index is -0.0995. The van der Waals surface area contributed by atoms with Crippen molar-refractivity contribution in [3.8, 4) is 5.75 Å². The van der Waals surface area contributed by atoms with Gasteiger partial charge in [0.05, 0.1) is 32.2 Å². The summed E-state index contributed by atoms with van der Waals surface area (Å²) >= 11 is 6.47. The van der Waals surface area contributed by atoms with E-state index in [9.17, 15) is 4.79 Å². The van der Waals surface area contributed by atoms with E-state index < -0.39 is 0 Å². The van der Waals surface area contributed by atoms with Gasteiger partial charge in [-0.15, -0.1) is 0 Å². The molecule has 2 aliphatic heterocycles. The number of benzene rings is 2. The molecule has 0 atom stereocenters. The number of methoxy groups -OCH3 is 1. The second kappa shape index (κ2) is 11.3. The number of hydrogen-bond acceptors (Lipinski definition) is 8. The van der Waals surface area contributed by atoms with Gasteiger partial charge < -0.3 is 29.9 Å². The Morgan fingerprint density at radius 1 is 1.13 bits per heavy atom. The molecule has 206 valence electrons. The summed E-state index contributed by atoms with van der Waals surface area (Å²) in [6.07, 6.45) is 2.90. The molecule has 0 spiro atoms. The molecule has 1 amide bonds. The fourth-order valence-corrected chi connectivity index (χ4v) is 5.29. The zero-order valence-electron chi connectivity index (χ0n) is 22.9. The number of morpholine rings is 1. The molecule has 0 radical (unpaired) electrons. The molecule has 3 heterocycles. The van der Waals surface area contributed by atoms with Gasteiger partial charge in [-0.05, 0) is 48.6 Å². The Hall–Kier alpha value is -3.56. The Morgan fingerprint density at radius 2 is 1.92 bits per heavy atom. The van der Waals surface area contributed by atoms with Crippen LogP contribution >= 0.6 is 11.6 Å². The first-order valence-corrected chi connectivity index (χ1v) is 13.7. The van der Waals surface area contributed by atoms with Crippen LogP contribution in [0.25, 0.3) is 0 Å². The van der Waals surface area contributed by atoms with Crippen molar-refractivity contribution in [1.29, 1.82) is 0 Å². The number of nitrogens with zero attached hydrogens (tertiary/aromatic N) is 4. The van der Waals surface area contributed by atoms with Crippen LogP contribution in [-0.2, 0) is 14.9 Å². The summed E-state index contributed by atoms with van der Waals surface area (Å²) in [4.78, 5) is 26.0. The lowest BCUT2D eigenvalue weighted by molar-refractivity contribution is -0.118. The highest BCUT2D eigenvalue weighted by Gasteiger charge is 2.32. The van der Waals surface area contributed by atoms with Gasteiger partial charge >= 0.3 is 0 Å². The van der Waals surface area contributed by atoms with Gasteiger partial charge in [0.2, 0.25) is 11.9 Å². The zero-order chi connectivity index (χ0) is 27.6. The lowest BCUT2D eigenvalue weighted by Gasteiger charge is -2.29. The Kier molecular flexibility index (Phi) is 7.81. The van der Waals surface area contributed by atoms with Gasteiger partial charge in [-0.3, -0.25) is 4.79 Å². The lowest BCUT2D eigenvalue weighted by Crippen LogP contribution is -2.36. The van der Waals surface area contributed by atoms with Crippen LogP contribution in [0.3, 0.4) is 0 Å². The number of rotatable bonds is 7. The summed E-state index contributed by atoms with van der Waals surface area (Å²) in [7, 11) is 1.64. The molecule has 0 unspecified atom stereocenters. The summed E-state index contributed by atoms with van der Waals surface area (Å²) in [6, 6.07) is 12.1. The van der Waals surface area contributed by atoms with Gasteiger partial charge in [0.25, 0.3) is 0 Å². The number of carbonyl (C=O) groups is 1. The monoisotopic (exact) mass is 550 g/mol. The second-order valence-electron chi connectivity index (χ2n) is 10.4. The molecule has 2 aromatic carbocycles. The first-order chi connectivity index (χ1) is 18.8. The third-order valence-electron chi connectivity index (χ3n) is 7.41. The van der Waals surface area contributed by atoms with E-state index >= 15 is 0 Å². The van der Waals surface area contributed by atoms with Gasteiger partial charge in [0, 0.05) is 49.2 Å². The van der Waals surface area contributed by atoms with E-state index in [0.717, 1.165) is 47.8 Å². The first kappa shape index (κ1) is 27.0. The molecule has 2 N–H and O–H groups in total. The van der Waals surface area contributed by atoms with Gasteiger partial charge in [0.15, 0.2) is 5.82 Å². The summed E-state index contributed by atoms with van der Waals surface area (Å²) in [5.41, 5.74) is 4.59. The second-order valence-corrected chi connectivity index (χ2v) is 10.8. The highest BCUT2D eigenvalue weighted by atomic mass is 35.5. The summed E-state index contributed by atoms with van der Waals surface area (Å²) in [6.45, 7) is 10.1. The van der Waals surface area contributed by atoms with E-state index in [-0.39, 0.29) is 11.3 Å². The van der Waals surface area contributed by atoms with Crippen molar-refractivity contribution in [2.24, 2.45) is 0 Å². The number of nitrogens with one attached hydrogen (secondary N) is 2. The average molecular weight is 551 g/mol. The third-order valence-corrected chi connectivity index (χ3v) is 7.69. The highest BCUT2D eigenvalue weighted by molar-refractivity contribution is 6.33. The SMILES string of the molecule is CCN1C(=O)CCC(C)(C)c2ccc(Nc3ncc(Cl)c(Nc4ccc(N5CCOCC5)cc4OC)n3)cc21. The zero-order valence-corrected chi connectivity index (χ0v) is 23.6. The van der Waals surface area contributed by atoms with Crippen LogP contribution in [0.15, 0.2) is 42.6 Å². The largest absolute Gasteiger partial charge is 0.494 e. The molecule has 0 bridgehead atoms. The van der Waals surface area contributed by atoms with Crippen molar-refractivity contribution in [3.63, 3.8) is 0 Å².